The SMILES string of the molecule is CS(=O)(=O)N1CCC[C@@H](S)C1. The van der Waals surface area contributed by atoms with Crippen LogP contribution >= 0.6 is 12.6 Å². The monoisotopic (exact) mass is 195 g/mol. The molecule has 0 N–H and O–H groups in total. The maximum atomic E-state index is 11.0. The lowest BCUT2D eigenvalue weighted by molar-refractivity contribution is 0.357. The minimum absolute atomic E-state index is 0.221. The first-order valence-electron chi connectivity index (χ1n) is 3.63. The first kappa shape index (κ1) is 9.35. The summed E-state index contributed by atoms with van der Waals surface area (Å²) in [4.78, 5) is 0. The molecule has 1 fully saturated rings. The van der Waals surface area contributed by atoms with Crippen LogP contribution in [0.3, 0.4) is 0 Å². The Bertz CT molecular complexity index is 225. The van der Waals surface area contributed by atoms with Crippen LogP contribution in [0.1, 0.15) is 12.8 Å². The summed E-state index contributed by atoms with van der Waals surface area (Å²) in [6, 6.07) is 0. The van der Waals surface area contributed by atoms with Crippen LogP contribution in [0, 0.1) is 0 Å². The maximum absolute atomic E-state index is 11.0. The third-order valence-corrected chi connectivity index (χ3v) is 3.52. The molecule has 66 valence electrons. The molecule has 0 aromatic carbocycles. The molecule has 5 heteroatoms. The van der Waals surface area contributed by atoms with Crippen LogP contribution < -0.4 is 0 Å². The predicted molar refractivity (Wildman–Crippen MR) is 48.4 cm³/mol. The minimum atomic E-state index is -2.97. The highest BCUT2D eigenvalue weighted by Gasteiger charge is 2.23. The van der Waals surface area contributed by atoms with E-state index in [-0.39, 0.29) is 5.25 Å². The zero-order chi connectivity index (χ0) is 8.48. The van der Waals surface area contributed by atoms with Crippen molar-refractivity contribution < 1.29 is 8.42 Å². The van der Waals surface area contributed by atoms with E-state index in [9.17, 15) is 8.42 Å². The molecule has 0 amide bonds. The van der Waals surface area contributed by atoms with Gasteiger partial charge in [-0.3, -0.25) is 0 Å². The van der Waals surface area contributed by atoms with Crippen molar-refractivity contribution in [2.45, 2.75) is 18.1 Å². The first-order chi connectivity index (χ1) is 5.00. The molecule has 1 aliphatic heterocycles. The van der Waals surface area contributed by atoms with Crippen molar-refractivity contribution in [2.75, 3.05) is 19.3 Å². The highest BCUT2D eigenvalue weighted by Crippen LogP contribution is 2.16. The van der Waals surface area contributed by atoms with Crippen molar-refractivity contribution >= 4 is 22.7 Å². The predicted octanol–water partition coefficient (Wildman–Crippen LogP) is 0.340. The van der Waals surface area contributed by atoms with Crippen molar-refractivity contribution in [3.63, 3.8) is 0 Å². The van der Waals surface area contributed by atoms with Gasteiger partial charge in [-0.25, -0.2) is 12.7 Å². The lowest BCUT2D eigenvalue weighted by atomic mass is 10.2. The molecule has 0 saturated carbocycles. The average Bonchev–Trinajstić information content (AvgIpc) is 1.86. The fraction of sp³-hybridized carbons (Fsp3) is 1.00. The Morgan fingerprint density at radius 1 is 1.55 bits per heavy atom. The number of sulfonamides is 1. The summed E-state index contributed by atoms with van der Waals surface area (Å²) in [5.74, 6) is 0. The van der Waals surface area contributed by atoms with Crippen molar-refractivity contribution in [3.05, 3.63) is 0 Å². The van der Waals surface area contributed by atoms with E-state index in [0.717, 1.165) is 12.8 Å². The second-order valence-electron chi connectivity index (χ2n) is 2.92. The number of rotatable bonds is 1. The summed E-state index contributed by atoms with van der Waals surface area (Å²) in [6.07, 6.45) is 3.20. The van der Waals surface area contributed by atoms with Crippen molar-refractivity contribution in [3.8, 4) is 0 Å². The van der Waals surface area contributed by atoms with E-state index in [1.165, 1.54) is 10.6 Å². The molecule has 0 bridgehead atoms. The summed E-state index contributed by atoms with van der Waals surface area (Å²) in [5, 5.41) is 0.221. The molecule has 0 radical (unpaired) electrons. The van der Waals surface area contributed by atoms with Gasteiger partial charge in [-0.05, 0) is 12.8 Å². The highest BCUT2D eigenvalue weighted by atomic mass is 32.2. The average molecular weight is 195 g/mol. The van der Waals surface area contributed by atoms with Crippen LogP contribution in [-0.2, 0) is 10.0 Å². The van der Waals surface area contributed by atoms with Gasteiger partial charge in [-0.1, -0.05) is 0 Å². The normalized spacial score (nSPS) is 28.7. The van der Waals surface area contributed by atoms with Gasteiger partial charge in [-0.15, -0.1) is 0 Å². The number of nitrogens with zero attached hydrogens (tertiary/aromatic N) is 1. The van der Waals surface area contributed by atoms with E-state index in [1.54, 1.807) is 0 Å². The fourth-order valence-corrected chi connectivity index (χ4v) is 2.62. The molecule has 0 spiro atoms. The molecule has 1 saturated heterocycles. The largest absolute Gasteiger partial charge is 0.213 e. The Balaban J connectivity index is 2.60. The van der Waals surface area contributed by atoms with Crippen molar-refractivity contribution in [1.82, 2.24) is 4.31 Å². The summed E-state index contributed by atoms with van der Waals surface area (Å²) in [7, 11) is -2.97. The fourth-order valence-electron chi connectivity index (χ4n) is 1.22. The van der Waals surface area contributed by atoms with Crippen LogP contribution in [0.15, 0.2) is 0 Å². The molecule has 0 aromatic rings. The second-order valence-corrected chi connectivity index (χ2v) is 5.63. The zero-order valence-electron chi connectivity index (χ0n) is 6.52. The number of hydrogen-bond acceptors (Lipinski definition) is 3. The number of thiol groups is 1. The van der Waals surface area contributed by atoms with Gasteiger partial charge >= 0.3 is 0 Å². The van der Waals surface area contributed by atoms with Gasteiger partial charge in [0.2, 0.25) is 10.0 Å². The van der Waals surface area contributed by atoms with Gasteiger partial charge in [0.15, 0.2) is 0 Å². The number of hydrogen-bond donors (Lipinski definition) is 1. The summed E-state index contributed by atoms with van der Waals surface area (Å²) >= 11 is 4.25. The summed E-state index contributed by atoms with van der Waals surface area (Å²) < 4.78 is 23.5. The summed E-state index contributed by atoms with van der Waals surface area (Å²) in [5.41, 5.74) is 0. The minimum Gasteiger partial charge on any atom is -0.213 e. The third kappa shape index (κ3) is 2.65. The maximum Gasteiger partial charge on any atom is 0.211 e. The standard InChI is InChI=1S/C6H13NO2S2/c1-11(8,9)7-4-2-3-6(10)5-7/h6,10H,2-5H2,1H3/t6-/m1/s1. The van der Waals surface area contributed by atoms with Crippen LogP contribution in [0.25, 0.3) is 0 Å². The molecule has 1 aliphatic rings. The van der Waals surface area contributed by atoms with Crippen LogP contribution in [0.4, 0.5) is 0 Å². The Labute approximate surface area is 73.2 Å². The smallest absolute Gasteiger partial charge is 0.211 e. The molecular formula is C6H13NO2S2. The van der Waals surface area contributed by atoms with Gasteiger partial charge in [-0.2, -0.15) is 12.6 Å². The molecule has 11 heavy (non-hydrogen) atoms. The topological polar surface area (TPSA) is 37.4 Å². The molecule has 1 heterocycles. The highest BCUT2D eigenvalue weighted by molar-refractivity contribution is 7.88. The van der Waals surface area contributed by atoms with E-state index >= 15 is 0 Å². The van der Waals surface area contributed by atoms with E-state index in [1.807, 2.05) is 0 Å². The Hall–Kier alpha value is 0.260. The van der Waals surface area contributed by atoms with Crippen LogP contribution in [0.2, 0.25) is 0 Å². The van der Waals surface area contributed by atoms with Crippen LogP contribution in [0.5, 0.6) is 0 Å². The quantitative estimate of drug-likeness (QED) is 0.613. The lowest BCUT2D eigenvalue weighted by Gasteiger charge is -2.27. The van der Waals surface area contributed by atoms with E-state index < -0.39 is 10.0 Å². The molecule has 1 rings (SSSR count). The van der Waals surface area contributed by atoms with Crippen LogP contribution in [-0.4, -0.2) is 37.3 Å². The zero-order valence-corrected chi connectivity index (χ0v) is 8.24. The molecule has 0 aromatic heterocycles. The van der Waals surface area contributed by atoms with Gasteiger partial charge < -0.3 is 0 Å². The molecule has 0 unspecified atom stereocenters. The lowest BCUT2D eigenvalue weighted by Crippen LogP contribution is -2.39. The van der Waals surface area contributed by atoms with Gasteiger partial charge in [0.1, 0.15) is 0 Å². The number of piperidine rings is 1. The van der Waals surface area contributed by atoms with E-state index in [2.05, 4.69) is 12.6 Å². The van der Waals surface area contributed by atoms with Crippen molar-refractivity contribution in [1.29, 1.82) is 0 Å². The van der Waals surface area contributed by atoms with Gasteiger partial charge in [0, 0.05) is 18.3 Å². The van der Waals surface area contributed by atoms with E-state index in [4.69, 9.17) is 0 Å². The van der Waals surface area contributed by atoms with Gasteiger partial charge in [0.25, 0.3) is 0 Å². The van der Waals surface area contributed by atoms with Crippen molar-refractivity contribution in [2.24, 2.45) is 0 Å². The first-order valence-corrected chi connectivity index (χ1v) is 6.00. The third-order valence-electron chi connectivity index (χ3n) is 1.83. The Kier molecular flexibility index (Phi) is 2.83. The molecule has 1 atom stereocenters. The molecule has 0 aliphatic carbocycles. The molecular weight excluding hydrogens is 182 g/mol. The Morgan fingerprint density at radius 2 is 2.18 bits per heavy atom. The second kappa shape index (κ2) is 3.33. The van der Waals surface area contributed by atoms with Gasteiger partial charge in [0.05, 0.1) is 6.26 Å². The summed E-state index contributed by atoms with van der Waals surface area (Å²) in [6.45, 7) is 1.23. The van der Waals surface area contributed by atoms with E-state index in [0.29, 0.717) is 13.1 Å². The molecule has 3 nitrogen and oxygen atoms in total. The Morgan fingerprint density at radius 3 is 2.55 bits per heavy atom.